The number of benzene rings is 1. The molecule has 3 nitrogen and oxygen atoms in total. The Hall–Kier alpha value is -1.35. The summed E-state index contributed by atoms with van der Waals surface area (Å²) >= 11 is 0. The van der Waals surface area contributed by atoms with Crippen molar-refractivity contribution in [3.63, 3.8) is 0 Å². The van der Waals surface area contributed by atoms with Gasteiger partial charge >= 0.3 is 0 Å². The van der Waals surface area contributed by atoms with Crippen molar-refractivity contribution < 1.29 is 4.79 Å². The van der Waals surface area contributed by atoms with Crippen LogP contribution >= 0.6 is 0 Å². The lowest BCUT2D eigenvalue weighted by Crippen LogP contribution is -2.40. The van der Waals surface area contributed by atoms with Gasteiger partial charge in [0.2, 0.25) is 0 Å². The van der Waals surface area contributed by atoms with Crippen LogP contribution in [0.2, 0.25) is 0 Å². The summed E-state index contributed by atoms with van der Waals surface area (Å²) in [4.78, 5) is 12.2. The van der Waals surface area contributed by atoms with E-state index in [2.05, 4.69) is 16.7 Å². The first-order chi connectivity index (χ1) is 8.34. The molecule has 0 radical (unpaired) electrons. The number of carbonyl (C=O) groups excluding carboxylic acids is 1. The SMILES string of the molecule is O=C(NC1CCC1)c1cccc2c1CNCC2. The Bertz CT molecular complexity index is 438. The zero-order chi connectivity index (χ0) is 11.7. The van der Waals surface area contributed by atoms with Gasteiger partial charge in [0, 0.05) is 18.2 Å². The highest BCUT2D eigenvalue weighted by atomic mass is 16.1. The van der Waals surface area contributed by atoms with Crippen molar-refractivity contribution in [2.45, 2.75) is 38.3 Å². The van der Waals surface area contributed by atoms with Crippen LogP contribution in [-0.4, -0.2) is 18.5 Å². The van der Waals surface area contributed by atoms with Gasteiger partial charge in [0.05, 0.1) is 0 Å². The molecule has 3 rings (SSSR count). The van der Waals surface area contributed by atoms with Crippen LogP contribution in [0.3, 0.4) is 0 Å². The first-order valence-electron chi connectivity index (χ1n) is 6.47. The molecule has 0 aromatic heterocycles. The number of hydrogen-bond donors (Lipinski definition) is 2. The molecule has 1 aromatic rings. The third-order valence-corrected chi connectivity index (χ3v) is 3.83. The van der Waals surface area contributed by atoms with E-state index in [9.17, 15) is 4.79 Å². The zero-order valence-electron chi connectivity index (χ0n) is 9.96. The van der Waals surface area contributed by atoms with Gasteiger partial charge in [-0.15, -0.1) is 0 Å². The van der Waals surface area contributed by atoms with Crippen molar-refractivity contribution in [3.05, 3.63) is 34.9 Å². The van der Waals surface area contributed by atoms with Crippen LogP contribution in [0.1, 0.15) is 40.7 Å². The van der Waals surface area contributed by atoms with Crippen molar-refractivity contribution in [3.8, 4) is 0 Å². The van der Waals surface area contributed by atoms with Gasteiger partial charge in [-0.05, 0) is 49.4 Å². The van der Waals surface area contributed by atoms with Gasteiger partial charge in [0.15, 0.2) is 0 Å². The fourth-order valence-electron chi connectivity index (χ4n) is 2.54. The smallest absolute Gasteiger partial charge is 0.251 e. The second-order valence-electron chi connectivity index (χ2n) is 4.97. The molecule has 2 N–H and O–H groups in total. The zero-order valence-corrected chi connectivity index (χ0v) is 9.96. The highest BCUT2D eigenvalue weighted by Gasteiger charge is 2.22. The molecule has 1 fully saturated rings. The van der Waals surface area contributed by atoms with Gasteiger partial charge in [-0.2, -0.15) is 0 Å². The lowest BCUT2D eigenvalue weighted by Gasteiger charge is -2.27. The highest BCUT2D eigenvalue weighted by molar-refractivity contribution is 5.96. The maximum Gasteiger partial charge on any atom is 0.251 e. The van der Waals surface area contributed by atoms with Crippen LogP contribution in [0.4, 0.5) is 0 Å². The average Bonchev–Trinajstić information content (AvgIpc) is 2.33. The largest absolute Gasteiger partial charge is 0.349 e. The van der Waals surface area contributed by atoms with Crippen molar-refractivity contribution >= 4 is 5.91 Å². The van der Waals surface area contributed by atoms with Gasteiger partial charge in [0.1, 0.15) is 0 Å². The number of fused-ring (bicyclic) bond motifs is 1. The molecule has 17 heavy (non-hydrogen) atoms. The third kappa shape index (κ3) is 2.07. The number of amides is 1. The fourth-order valence-corrected chi connectivity index (χ4v) is 2.54. The van der Waals surface area contributed by atoms with E-state index in [1.807, 2.05) is 12.1 Å². The number of nitrogens with one attached hydrogen (secondary N) is 2. The van der Waals surface area contributed by atoms with Crippen LogP contribution in [0.25, 0.3) is 0 Å². The van der Waals surface area contributed by atoms with Gasteiger partial charge < -0.3 is 10.6 Å². The second-order valence-corrected chi connectivity index (χ2v) is 4.97. The van der Waals surface area contributed by atoms with Gasteiger partial charge in [-0.1, -0.05) is 12.1 Å². The third-order valence-electron chi connectivity index (χ3n) is 3.83. The van der Waals surface area contributed by atoms with Gasteiger partial charge in [-0.25, -0.2) is 0 Å². The predicted molar refractivity (Wildman–Crippen MR) is 67.0 cm³/mol. The van der Waals surface area contributed by atoms with E-state index >= 15 is 0 Å². The monoisotopic (exact) mass is 230 g/mol. The number of rotatable bonds is 2. The molecule has 0 bridgehead atoms. The number of hydrogen-bond acceptors (Lipinski definition) is 2. The first kappa shape index (κ1) is 10.8. The Balaban J connectivity index is 1.83. The average molecular weight is 230 g/mol. The molecule has 90 valence electrons. The fraction of sp³-hybridized carbons (Fsp3) is 0.500. The second kappa shape index (κ2) is 4.49. The standard InChI is InChI=1S/C14H18N2O/c17-14(16-11-4-2-5-11)12-6-1-3-10-7-8-15-9-13(10)12/h1,3,6,11,15H,2,4-5,7-9H2,(H,16,17). The van der Waals surface area contributed by atoms with Gasteiger partial charge in [0.25, 0.3) is 5.91 Å². The molecule has 0 spiro atoms. The summed E-state index contributed by atoms with van der Waals surface area (Å²) in [7, 11) is 0. The topological polar surface area (TPSA) is 41.1 Å². The minimum atomic E-state index is 0.107. The lowest BCUT2D eigenvalue weighted by atomic mass is 9.91. The molecule has 1 amide bonds. The van der Waals surface area contributed by atoms with Crippen LogP contribution in [-0.2, 0) is 13.0 Å². The van der Waals surface area contributed by atoms with Crippen molar-refractivity contribution in [1.29, 1.82) is 0 Å². The van der Waals surface area contributed by atoms with Crippen molar-refractivity contribution in [1.82, 2.24) is 10.6 Å². The van der Waals surface area contributed by atoms with Gasteiger partial charge in [-0.3, -0.25) is 4.79 Å². The summed E-state index contributed by atoms with van der Waals surface area (Å²) in [6.07, 6.45) is 4.55. The summed E-state index contributed by atoms with van der Waals surface area (Å²) < 4.78 is 0. The minimum absolute atomic E-state index is 0.107. The quantitative estimate of drug-likeness (QED) is 0.810. The summed E-state index contributed by atoms with van der Waals surface area (Å²) in [6.45, 7) is 1.84. The molecule has 0 unspecified atom stereocenters. The minimum Gasteiger partial charge on any atom is -0.349 e. The molecular formula is C14H18N2O. The maximum absolute atomic E-state index is 12.2. The van der Waals surface area contributed by atoms with E-state index in [-0.39, 0.29) is 5.91 Å². The van der Waals surface area contributed by atoms with E-state index in [0.29, 0.717) is 6.04 Å². The summed E-state index contributed by atoms with van der Waals surface area (Å²) in [5.41, 5.74) is 3.38. The van der Waals surface area contributed by atoms with Crippen LogP contribution in [0.5, 0.6) is 0 Å². The van der Waals surface area contributed by atoms with E-state index in [1.54, 1.807) is 0 Å². The Labute approximate surface area is 102 Å². The predicted octanol–water partition coefficient (Wildman–Crippen LogP) is 1.61. The van der Waals surface area contributed by atoms with E-state index in [4.69, 9.17) is 0 Å². The molecule has 1 aliphatic carbocycles. The maximum atomic E-state index is 12.2. The van der Waals surface area contributed by atoms with Crippen molar-refractivity contribution in [2.24, 2.45) is 0 Å². The molecule has 1 saturated carbocycles. The molecular weight excluding hydrogens is 212 g/mol. The van der Waals surface area contributed by atoms with Crippen LogP contribution < -0.4 is 10.6 Å². The first-order valence-corrected chi connectivity index (χ1v) is 6.47. The summed E-state index contributed by atoms with van der Waals surface area (Å²) in [5, 5.41) is 6.45. The Morgan fingerprint density at radius 2 is 2.24 bits per heavy atom. The Morgan fingerprint density at radius 3 is 3.00 bits per heavy atom. The lowest BCUT2D eigenvalue weighted by molar-refractivity contribution is 0.0915. The summed E-state index contributed by atoms with van der Waals surface area (Å²) in [5.74, 6) is 0.107. The Morgan fingerprint density at radius 1 is 1.35 bits per heavy atom. The van der Waals surface area contributed by atoms with E-state index < -0.39 is 0 Å². The molecule has 1 heterocycles. The molecule has 1 aromatic carbocycles. The highest BCUT2D eigenvalue weighted by Crippen LogP contribution is 2.21. The summed E-state index contributed by atoms with van der Waals surface area (Å²) in [6, 6.07) is 6.49. The molecule has 2 aliphatic rings. The van der Waals surface area contributed by atoms with E-state index in [0.717, 1.165) is 37.9 Å². The van der Waals surface area contributed by atoms with Crippen LogP contribution in [0.15, 0.2) is 18.2 Å². The van der Waals surface area contributed by atoms with Crippen molar-refractivity contribution in [2.75, 3.05) is 6.54 Å². The van der Waals surface area contributed by atoms with E-state index in [1.165, 1.54) is 17.5 Å². The Kier molecular flexibility index (Phi) is 2.85. The molecule has 1 aliphatic heterocycles. The molecule has 3 heteroatoms. The number of carbonyl (C=O) groups is 1. The molecule has 0 atom stereocenters. The molecule has 0 saturated heterocycles. The van der Waals surface area contributed by atoms with Crippen LogP contribution in [0, 0.1) is 0 Å². The normalized spacial score (nSPS) is 19.3.